The normalized spacial score (nSPS) is 31.2. The number of hydrogen-bond donors (Lipinski definition) is 2. The number of nitrogens with one attached hydrogen (secondary N) is 1. The molecule has 0 aromatic heterocycles. The Labute approximate surface area is 98.6 Å². The Hall–Kier alpha value is -0.570. The monoisotopic (exact) mass is 227 g/mol. The van der Waals surface area contributed by atoms with Crippen molar-refractivity contribution in [1.29, 1.82) is 0 Å². The highest BCUT2D eigenvalue weighted by Crippen LogP contribution is 2.48. The van der Waals surface area contributed by atoms with E-state index in [0.29, 0.717) is 10.8 Å². The van der Waals surface area contributed by atoms with Gasteiger partial charge in [-0.15, -0.1) is 0 Å². The molecule has 0 aromatic carbocycles. The van der Waals surface area contributed by atoms with E-state index in [0.717, 1.165) is 25.7 Å². The van der Waals surface area contributed by atoms with Gasteiger partial charge < -0.3 is 10.4 Å². The summed E-state index contributed by atoms with van der Waals surface area (Å²) in [6, 6.07) is 0.259. The summed E-state index contributed by atoms with van der Waals surface area (Å²) in [7, 11) is 0. The average Bonchev–Trinajstić information content (AvgIpc) is 2.20. The van der Waals surface area contributed by atoms with Crippen LogP contribution >= 0.6 is 0 Å². The van der Waals surface area contributed by atoms with Crippen molar-refractivity contribution in [2.45, 2.75) is 59.4 Å². The van der Waals surface area contributed by atoms with Crippen LogP contribution in [0.3, 0.4) is 0 Å². The van der Waals surface area contributed by atoms with E-state index in [9.17, 15) is 4.79 Å². The van der Waals surface area contributed by atoms with Crippen molar-refractivity contribution in [2.75, 3.05) is 6.61 Å². The molecule has 94 valence electrons. The zero-order valence-corrected chi connectivity index (χ0v) is 11.0. The van der Waals surface area contributed by atoms with Crippen LogP contribution in [0.1, 0.15) is 53.4 Å². The van der Waals surface area contributed by atoms with Crippen molar-refractivity contribution in [3.8, 4) is 0 Å². The van der Waals surface area contributed by atoms with Gasteiger partial charge in [0.05, 0.1) is 0 Å². The SMILES string of the molecule is CC(C)(C)C1(C)CCC(NC(=O)CO)CC1. The van der Waals surface area contributed by atoms with Crippen LogP contribution in [-0.2, 0) is 4.79 Å². The van der Waals surface area contributed by atoms with Gasteiger partial charge in [0.25, 0.3) is 0 Å². The molecule has 1 amide bonds. The second kappa shape index (κ2) is 4.74. The molecule has 0 spiro atoms. The lowest BCUT2D eigenvalue weighted by atomic mass is 9.60. The van der Waals surface area contributed by atoms with Gasteiger partial charge in [-0.05, 0) is 36.5 Å². The molecule has 0 unspecified atom stereocenters. The molecule has 0 heterocycles. The summed E-state index contributed by atoms with van der Waals surface area (Å²) in [5.74, 6) is -0.246. The maximum Gasteiger partial charge on any atom is 0.245 e. The Balaban J connectivity index is 2.48. The number of amides is 1. The van der Waals surface area contributed by atoms with Crippen molar-refractivity contribution in [2.24, 2.45) is 10.8 Å². The second-order valence-electron chi connectivity index (χ2n) is 6.31. The summed E-state index contributed by atoms with van der Waals surface area (Å²) >= 11 is 0. The first-order valence-corrected chi connectivity index (χ1v) is 6.19. The molecule has 0 aromatic rings. The third kappa shape index (κ3) is 2.97. The molecule has 3 nitrogen and oxygen atoms in total. The minimum atomic E-state index is -0.396. The molecule has 16 heavy (non-hydrogen) atoms. The third-order valence-electron chi connectivity index (χ3n) is 4.41. The molecule has 2 N–H and O–H groups in total. The largest absolute Gasteiger partial charge is 0.387 e. The molecule has 0 aliphatic heterocycles. The first-order chi connectivity index (χ1) is 7.28. The maximum atomic E-state index is 11.1. The van der Waals surface area contributed by atoms with Crippen LogP contribution in [0.25, 0.3) is 0 Å². The van der Waals surface area contributed by atoms with Crippen LogP contribution in [0.2, 0.25) is 0 Å². The number of carbonyl (C=O) groups is 1. The highest BCUT2D eigenvalue weighted by molar-refractivity contribution is 5.77. The van der Waals surface area contributed by atoms with E-state index >= 15 is 0 Å². The summed E-state index contributed by atoms with van der Waals surface area (Å²) in [5.41, 5.74) is 0.687. The molecule has 0 bridgehead atoms. The first kappa shape index (κ1) is 13.5. The minimum Gasteiger partial charge on any atom is -0.387 e. The van der Waals surface area contributed by atoms with Gasteiger partial charge in [-0.3, -0.25) is 4.79 Å². The second-order valence-corrected chi connectivity index (χ2v) is 6.31. The van der Waals surface area contributed by atoms with Gasteiger partial charge in [0, 0.05) is 6.04 Å². The summed E-state index contributed by atoms with van der Waals surface area (Å²) in [4.78, 5) is 11.1. The fraction of sp³-hybridized carbons (Fsp3) is 0.923. The van der Waals surface area contributed by atoms with Gasteiger partial charge in [0.2, 0.25) is 5.91 Å². The van der Waals surface area contributed by atoms with Crippen LogP contribution in [0, 0.1) is 10.8 Å². The molecular formula is C13H25NO2. The first-order valence-electron chi connectivity index (χ1n) is 6.19. The number of rotatable bonds is 2. The zero-order valence-electron chi connectivity index (χ0n) is 11.0. The van der Waals surface area contributed by atoms with E-state index in [1.807, 2.05) is 0 Å². The van der Waals surface area contributed by atoms with Crippen LogP contribution in [0.15, 0.2) is 0 Å². The van der Waals surface area contributed by atoms with Gasteiger partial charge in [-0.1, -0.05) is 27.7 Å². The number of aliphatic hydroxyl groups is 1. The van der Waals surface area contributed by atoms with E-state index in [1.165, 1.54) is 0 Å². The highest BCUT2D eigenvalue weighted by atomic mass is 16.3. The molecule has 1 aliphatic carbocycles. The zero-order chi connectivity index (χ0) is 12.4. The van der Waals surface area contributed by atoms with E-state index in [2.05, 4.69) is 33.0 Å². The van der Waals surface area contributed by atoms with E-state index in [-0.39, 0.29) is 11.9 Å². The van der Waals surface area contributed by atoms with Gasteiger partial charge in [-0.25, -0.2) is 0 Å². The van der Waals surface area contributed by atoms with Crippen molar-refractivity contribution < 1.29 is 9.90 Å². The Morgan fingerprint density at radius 1 is 1.38 bits per heavy atom. The Morgan fingerprint density at radius 2 is 1.88 bits per heavy atom. The van der Waals surface area contributed by atoms with Gasteiger partial charge >= 0.3 is 0 Å². The summed E-state index contributed by atoms with van der Waals surface area (Å²) in [6.45, 7) is 8.82. The molecule has 1 rings (SSSR count). The highest BCUT2D eigenvalue weighted by Gasteiger charge is 2.40. The van der Waals surface area contributed by atoms with E-state index < -0.39 is 6.61 Å². The Morgan fingerprint density at radius 3 is 2.25 bits per heavy atom. The van der Waals surface area contributed by atoms with Gasteiger partial charge in [0.1, 0.15) is 6.61 Å². The predicted molar refractivity (Wildman–Crippen MR) is 65.0 cm³/mol. The Bertz CT molecular complexity index is 247. The lowest BCUT2D eigenvalue weighted by Gasteiger charge is -2.47. The topological polar surface area (TPSA) is 49.3 Å². The van der Waals surface area contributed by atoms with E-state index in [4.69, 9.17) is 5.11 Å². The molecule has 0 atom stereocenters. The van der Waals surface area contributed by atoms with Crippen LogP contribution in [-0.4, -0.2) is 23.7 Å². The Kier molecular flexibility index (Phi) is 4.00. The molecule has 1 saturated carbocycles. The molecule has 0 radical (unpaired) electrons. The molecule has 3 heteroatoms. The molecule has 1 aliphatic rings. The quantitative estimate of drug-likeness (QED) is 0.759. The van der Waals surface area contributed by atoms with Crippen molar-refractivity contribution in [1.82, 2.24) is 5.32 Å². The predicted octanol–water partition coefficient (Wildman–Crippen LogP) is 2.09. The third-order valence-corrected chi connectivity index (χ3v) is 4.41. The lowest BCUT2D eigenvalue weighted by molar-refractivity contribution is -0.125. The number of carbonyl (C=O) groups excluding carboxylic acids is 1. The number of hydrogen-bond acceptors (Lipinski definition) is 2. The van der Waals surface area contributed by atoms with E-state index in [1.54, 1.807) is 0 Å². The standard InChI is InChI=1S/C13H25NO2/c1-12(2,3)13(4)7-5-10(6-8-13)14-11(16)9-15/h10,15H,5-9H2,1-4H3,(H,14,16). The smallest absolute Gasteiger partial charge is 0.245 e. The summed E-state index contributed by atoms with van der Waals surface area (Å²) in [5, 5.41) is 11.6. The molecule has 1 fully saturated rings. The maximum absolute atomic E-state index is 11.1. The van der Waals surface area contributed by atoms with Crippen molar-refractivity contribution in [3.63, 3.8) is 0 Å². The van der Waals surface area contributed by atoms with Crippen molar-refractivity contribution in [3.05, 3.63) is 0 Å². The van der Waals surface area contributed by atoms with Crippen LogP contribution in [0.4, 0.5) is 0 Å². The fourth-order valence-electron chi connectivity index (χ4n) is 2.42. The molecular weight excluding hydrogens is 202 g/mol. The van der Waals surface area contributed by atoms with Crippen molar-refractivity contribution >= 4 is 5.91 Å². The molecule has 0 saturated heterocycles. The summed E-state index contributed by atoms with van der Waals surface area (Å²) < 4.78 is 0. The van der Waals surface area contributed by atoms with Crippen LogP contribution in [0.5, 0.6) is 0 Å². The lowest BCUT2D eigenvalue weighted by Crippen LogP contribution is -2.44. The van der Waals surface area contributed by atoms with Gasteiger partial charge in [-0.2, -0.15) is 0 Å². The number of aliphatic hydroxyl groups excluding tert-OH is 1. The summed E-state index contributed by atoms with van der Waals surface area (Å²) in [6.07, 6.45) is 4.35. The minimum absolute atomic E-state index is 0.246. The van der Waals surface area contributed by atoms with Crippen LogP contribution < -0.4 is 5.32 Å². The average molecular weight is 227 g/mol. The van der Waals surface area contributed by atoms with Gasteiger partial charge in [0.15, 0.2) is 0 Å². The fourth-order valence-corrected chi connectivity index (χ4v) is 2.42.